The number of hydrogen-bond donors (Lipinski definition) is 2. The minimum Gasteiger partial charge on any atom is -0.325 e. The molecular formula is C14H18BrClN2O. The molecule has 5 heteroatoms. The number of nitrogens with one attached hydrogen (secondary N) is 1. The maximum Gasteiger partial charge on any atom is 0.226 e. The fraction of sp³-hybridized carbons (Fsp3) is 0.500. The number of anilines is 1. The van der Waals surface area contributed by atoms with E-state index in [1.807, 2.05) is 0 Å². The van der Waals surface area contributed by atoms with E-state index in [4.69, 9.17) is 17.3 Å². The molecule has 19 heavy (non-hydrogen) atoms. The van der Waals surface area contributed by atoms with E-state index in [0.29, 0.717) is 11.4 Å². The average Bonchev–Trinajstić information content (AvgIpc) is 2.33. The van der Waals surface area contributed by atoms with Gasteiger partial charge >= 0.3 is 0 Å². The lowest BCUT2D eigenvalue weighted by molar-refractivity contribution is -0.117. The Morgan fingerprint density at radius 1 is 1.37 bits per heavy atom. The number of rotatable bonds is 3. The van der Waals surface area contributed by atoms with E-state index >= 15 is 0 Å². The van der Waals surface area contributed by atoms with Crippen LogP contribution >= 0.6 is 27.5 Å². The third-order valence-corrected chi connectivity index (χ3v) is 4.46. The number of benzene rings is 1. The summed E-state index contributed by atoms with van der Waals surface area (Å²) in [6.45, 7) is 0. The highest BCUT2D eigenvalue weighted by atomic mass is 79.9. The summed E-state index contributed by atoms with van der Waals surface area (Å²) >= 11 is 9.25. The van der Waals surface area contributed by atoms with Gasteiger partial charge in [-0.1, -0.05) is 30.9 Å². The van der Waals surface area contributed by atoms with Crippen molar-refractivity contribution >= 4 is 39.1 Å². The first-order valence-corrected chi connectivity index (χ1v) is 7.69. The molecule has 0 bridgehead atoms. The summed E-state index contributed by atoms with van der Waals surface area (Å²) in [5.41, 5.74) is 6.68. The van der Waals surface area contributed by atoms with E-state index in [1.165, 1.54) is 6.42 Å². The third-order valence-electron chi connectivity index (χ3n) is 3.57. The Morgan fingerprint density at radius 3 is 2.68 bits per heavy atom. The van der Waals surface area contributed by atoms with Crippen LogP contribution in [0.2, 0.25) is 5.02 Å². The fourth-order valence-electron chi connectivity index (χ4n) is 2.54. The van der Waals surface area contributed by atoms with E-state index in [-0.39, 0.29) is 11.4 Å². The van der Waals surface area contributed by atoms with Crippen molar-refractivity contribution < 1.29 is 4.79 Å². The van der Waals surface area contributed by atoms with Gasteiger partial charge in [0.15, 0.2) is 0 Å². The van der Waals surface area contributed by atoms with Gasteiger partial charge in [-0.2, -0.15) is 0 Å². The first-order chi connectivity index (χ1) is 8.98. The Balaban J connectivity index is 1.97. The van der Waals surface area contributed by atoms with E-state index in [0.717, 1.165) is 35.8 Å². The van der Waals surface area contributed by atoms with E-state index in [1.54, 1.807) is 18.2 Å². The number of carbonyl (C=O) groups excluding carboxylic acids is 1. The Kier molecular flexibility index (Phi) is 4.87. The smallest absolute Gasteiger partial charge is 0.226 e. The lowest BCUT2D eigenvalue weighted by Gasteiger charge is -2.32. The molecule has 1 aliphatic rings. The van der Waals surface area contributed by atoms with Crippen molar-refractivity contribution in [1.29, 1.82) is 0 Å². The Hall–Kier alpha value is -0.580. The van der Waals surface area contributed by atoms with Gasteiger partial charge in [0, 0.05) is 21.5 Å². The van der Waals surface area contributed by atoms with Crippen molar-refractivity contribution in [3.63, 3.8) is 0 Å². The maximum atomic E-state index is 12.1. The zero-order chi connectivity index (χ0) is 13.9. The third kappa shape index (κ3) is 4.20. The zero-order valence-corrected chi connectivity index (χ0v) is 13.1. The normalized spacial score (nSPS) is 18.1. The fourth-order valence-corrected chi connectivity index (χ4v) is 3.32. The van der Waals surface area contributed by atoms with Gasteiger partial charge in [-0.25, -0.2) is 0 Å². The molecule has 0 heterocycles. The highest BCUT2D eigenvalue weighted by molar-refractivity contribution is 9.10. The minimum atomic E-state index is -0.332. The molecule has 3 nitrogen and oxygen atoms in total. The molecule has 0 aromatic heterocycles. The first kappa shape index (κ1) is 14.8. The second kappa shape index (κ2) is 6.25. The topological polar surface area (TPSA) is 55.1 Å². The molecule has 1 aromatic carbocycles. The monoisotopic (exact) mass is 344 g/mol. The number of carbonyl (C=O) groups is 1. The summed E-state index contributed by atoms with van der Waals surface area (Å²) in [5, 5.41) is 3.52. The number of nitrogens with two attached hydrogens (primary N) is 1. The lowest BCUT2D eigenvalue weighted by Crippen LogP contribution is -2.44. The number of amides is 1. The van der Waals surface area contributed by atoms with Crippen LogP contribution in [0.4, 0.5) is 5.69 Å². The molecule has 1 saturated carbocycles. The minimum absolute atomic E-state index is 0.0348. The van der Waals surface area contributed by atoms with Crippen molar-refractivity contribution in [2.75, 3.05) is 5.32 Å². The van der Waals surface area contributed by atoms with Crippen molar-refractivity contribution in [3.05, 3.63) is 27.7 Å². The molecule has 2 rings (SSSR count). The molecule has 0 radical (unpaired) electrons. The summed E-state index contributed by atoms with van der Waals surface area (Å²) in [7, 11) is 0. The zero-order valence-electron chi connectivity index (χ0n) is 10.7. The molecule has 3 N–H and O–H groups in total. The van der Waals surface area contributed by atoms with Crippen molar-refractivity contribution in [3.8, 4) is 0 Å². The SMILES string of the molecule is NC1(CC(=O)Nc2ccc(Cl)cc2Br)CCCCC1. The second-order valence-electron chi connectivity index (χ2n) is 5.27. The molecule has 1 fully saturated rings. The average molecular weight is 346 g/mol. The Morgan fingerprint density at radius 2 is 2.05 bits per heavy atom. The van der Waals surface area contributed by atoms with Crippen LogP contribution in [0.1, 0.15) is 38.5 Å². The van der Waals surface area contributed by atoms with Crippen LogP contribution in [0.25, 0.3) is 0 Å². The van der Waals surface area contributed by atoms with Crippen LogP contribution in [0.3, 0.4) is 0 Å². The van der Waals surface area contributed by atoms with Gasteiger partial charge in [-0.3, -0.25) is 4.79 Å². The molecular weight excluding hydrogens is 328 g/mol. The van der Waals surface area contributed by atoms with Crippen molar-refractivity contribution in [2.45, 2.75) is 44.1 Å². The summed E-state index contributed by atoms with van der Waals surface area (Å²) < 4.78 is 0.781. The summed E-state index contributed by atoms with van der Waals surface area (Å²) in [6, 6.07) is 5.30. The summed E-state index contributed by atoms with van der Waals surface area (Å²) in [6.07, 6.45) is 5.71. The predicted octanol–water partition coefficient (Wildman–Crippen LogP) is 4.09. The van der Waals surface area contributed by atoms with Gasteiger partial charge < -0.3 is 11.1 Å². The van der Waals surface area contributed by atoms with Crippen LogP contribution in [0, 0.1) is 0 Å². The van der Waals surface area contributed by atoms with Crippen LogP contribution in [-0.4, -0.2) is 11.4 Å². The van der Waals surface area contributed by atoms with Crippen LogP contribution < -0.4 is 11.1 Å². The Bertz CT molecular complexity index is 473. The molecule has 1 amide bonds. The number of halogens is 2. The van der Waals surface area contributed by atoms with Crippen LogP contribution in [0.5, 0.6) is 0 Å². The van der Waals surface area contributed by atoms with Crippen LogP contribution in [0.15, 0.2) is 22.7 Å². The molecule has 104 valence electrons. The maximum absolute atomic E-state index is 12.1. The molecule has 0 atom stereocenters. The largest absolute Gasteiger partial charge is 0.325 e. The molecule has 0 aliphatic heterocycles. The van der Waals surface area contributed by atoms with Gasteiger partial charge in [0.2, 0.25) is 5.91 Å². The van der Waals surface area contributed by atoms with Crippen molar-refractivity contribution in [2.24, 2.45) is 5.73 Å². The molecule has 0 saturated heterocycles. The second-order valence-corrected chi connectivity index (χ2v) is 6.56. The highest BCUT2D eigenvalue weighted by Crippen LogP contribution is 2.30. The first-order valence-electron chi connectivity index (χ1n) is 6.52. The van der Waals surface area contributed by atoms with Crippen molar-refractivity contribution in [1.82, 2.24) is 0 Å². The van der Waals surface area contributed by atoms with E-state index < -0.39 is 0 Å². The van der Waals surface area contributed by atoms with Gasteiger partial charge in [0.1, 0.15) is 0 Å². The van der Waals surface area contributed by atoms with Gasteiger partial charge in [0.05, 0.1) is 5.69 Å². The lowest BCUT2D eigenvalue weighted by atomic mass is 9.80. The number of hydrogen-bond acceptors (Lipinski definition) is 2. The molecule has 1 aromatic rings. The van der Waals surface area contributed by atoms with Gasteiger partial charge in [0.25, 0.3) is 0 Å². The van der Waals surface area contributed by atoms with Crippen LogP contribution in [-0.2, 0) is 4.79 Å². The van der Waals surface area contributed by atoms with Gasteiger partial charge in [-0.05, 0) is 47.0 Å². The molecule has 1 aliphatic carbocycles. The van der Waals surface area contributed by atoms with E-state index in [9.17, 15) is 4.79 Å². The highest BCUT2D eigenvalue weighted by Gasteiger charge is 2.30. The molecule has 0 unspecified atom stereocenters. The quantitative estimate of drug-likeness (QED) is 0.867. The molecule has 0 spiro atoms. The van der Waals surface area contributed by atoms with E-state index in [2.05, 4.69) is 21.2 Å². The predicted molar refractivity (Wildman–Crippen MR) is 82.4 cm³/mol. The Labute approximate surface area is 127 Å². The standard InChI is InChI=1S/C14H18BrClN2O/c15-11-8-10(16)4-5-12(11)18-13(19)9-14(17)6-2-1-3-7-14/h4-5,8H,1-3,6-7,9,17H2,(H,18,19). The summed E-state index contributed by atoms with van der Waals surface area (Å²) in [4.78, 5) is 12.1. The summed E-state index contributed by atoms with van der Waals surface area (Å²) in [5.74, 6) is -0.0348. The van der Waals surface area contributed by atoms with Gasteiger partial charge in [-0.15, -0.1) is 0 Å².